The topological polar surface area (TPSA) is 64.3 Å². The third-order valence-corrected chi connectivity index (χ3v) is 3.33. The highest BCUT2D eigenvalue weighted by Gasteiger charge is 2.17. The van der Waals surface area contributed by atoms with Gasteiger partial charge < -0.3 is 15.8 Å². The minimum absolute atomic E-state index is 0.0490. The number of carbonyl (C=O) groups is 1. The Hall–Kier alpha value is -1.14. The molecule has 0 aliphatic carbocycles. The summed E-state index contributed by atoms with van der Waals surface area (Å²) < 4.78 is 18.7. The van der Waals surface area contributed by atoms with E-state index in [0.29, 0.717) is 16.6 Å². The summed E-state index contributed by atoms with van der Waals surface area (Å²) in [5.74, 6) is -0.848. The molecule has 4 nitrogen and oxygen atoms in total. The van der Waals surface area contributed by atoms with Crippen molar-refractivity contribution in [1.82, 2.24) is 5.32 Å². The molecule has 3 N–H and O–H groups in total. The number of hydrogen-bond acceptors (Lipinski definition) is 3. The zero-order valence-corrected chi connectivity index (χ0v) is 12.6. The van der Waals surface area contributed by atoms with E-state index in [1.54, 1.807) is 7.11 Å². The maximum Gasteiger partial charge on any atom is 0.252 e. The molecule has 0 saturated heterocycles. The van der Waals surface area contributed by atoms with E-state index in [0.717, 1.165) is 12.8 Å². The molecule has 6 heteroatoms. The molecule has 0 aromatic heterocycles. The largest absolute Gasteiger partial charge is 0.396 e. The van der Waals surface area contributed by atoms with E-state index in [2.05, 4.69) is 21.2 Å². The van der Waals surface area contributed by atoms with Gasteiger partial charge in [0.25, 0.3) is 5.91 Å². The first-order chi connectivity index (χ1) is 8.99. The summed E-state index contributed by atoms with van der Waals surface area (Å²) in [6, 6.07) is 2.45. The molecule has 0 saturated carbocycles. The van der Waals surface area contributed by atoms with E-state index in [1.807, 2.05) is 6.92 Å². The zero-order chi connectivity index (χ0) is 14.4. The SMILES string of the molecule is CCCC(COC)NC(=O)c1cc(N)c(F)cc1Br. The molecule has 1 aromatic rings. The van der Waals surface area contributed by atoms with Crippen molar-refractivity contribution in [2.75, 3.05) is 19.5 Å². The van der Waals surface area contributed by atoms with Gasteiger partial charge in [0.2, 0.25) is 0 Å². The lowest BCUT2D eigenvalue weighted by molar-refractivity contribution is 0.0891. The Kier molecular flexibility index (Phi) is 6.24. The lowest BCUT2D eigenvalue weighted by atomic mass is 10.1. The van der Waals surface area contributed by atoms with E-state index < -0.39 is 5.82 Å². The van der Waals surface area contributed by atoms with Gasteiger partial charge in [0.05, 0.1) is 23.9 Å². The Morgan fingerprint density at radius 3 is 2.84 bits per heavy atom. The van der Waals surface area contributed by atoms with Gasteiger partial charge in [-0.15, -0.1) is 0 Å². The maximum absolute atomic E-state index is 13.2. The summed E-state index contributed by atoms with van der Waals surface area (Å²) in [6.45, 7) is 2.47. The van der Waals surface area contributed by atoms with Gasteiger partial charge in [-0.1, -0.05) is 13.3 Å². The zero-order valence-electron chi connectivity index (χ0n) is 11.0. The predicted molar refractivity (Wildman–Crippen MR) is 76.6 cm³/mol. The van der Waals surface area contributed by atoms with Gasteiger partial charge in [-0.3, -0.25) is 4.79 Å². The standard InChI is InChI=1S/C13H18BrFN2O2/c1-3-4-8(7-19-2)17-13(18)9-5-12(16)11(15)6-10(9)14/h5-6,8H,3-4,7,16H2,1-2H3,(H,17,18). The highest BCUT2D eigenvalue weighted by Crippen LogP contribution is 2.23. The number of nitrogens with one attached hydrogen (secondary N) is 1. The molecule has 19 heavy (non-hydrogen) atoms. The lowest BCUT2D eigenvalue weighted by Crippen LogP contribution is -2.38. The number of methoxy groups -OCH3 is 1. The lowest BCUT2D eigenvalue weighted by Gasteiger charge is -2.17. The first kappa shape index (κ1) is 15.9. The van der Waals surface area contributed by atoms with E-state index in [4.69, 9.17) is 10.5 Å². The van der Waals surface area contributed by atoms with Gasteiger partial charge in [-0.25, -0.2) is 4.39 Å². The molecule has 1 rings (SSSR count). The van der Waals surface area contributed by atoms with Crippen molar-refractivity contribution in [3.05, 3.63) is 28.0 Å². The van der Waals surface area contributed by atoms with Crippen molar-refractivity contribution in [3.8, 4) is 0 Å². The Balaban J connectivity index is 2.84. The number of amides is 1. The van der Waals surface area contributed by atoms with E-state index in [-0.39, 0.29) is 17.6 Å². The Bertz CT molecular complexity index is 449. The molecule has 1 aromatic carbocycles. The number of ether oxygens (including phenoxy) is 1. The molecule has 0 radical (unpaired) electrons. The Labute approximate surface area is 120 Å². The second-order valence-electron chi connectivity index (χ2n) is 4.27. The van der Waals surface area contributed by atoms with E-state index >= 15 is 0 Å². The van der Waals surface area contributed by atoms with Crippen molar-refractivity contribution < 1.29 is 13.9 Å². The quantitative estimate of drug-likeness (QED) is 0.787. The summed E-state index contributed by atoms with van der Waals surface area (Å²) in [5, 5.41) is 2.85. The summed E-state index contributed by atoms with van der Waals surface area (Å²) in [4.78, 5) is 12.1. The van der Waals surface area contributed by atoms with Crippen LogP contribution in [0.3, 0.4) is 0 Å². The third-order valence-electron chi connectivity index (χ3n) is 2.67. The minimum atomic E-state index is -0.551. The molecular weight excluding hydrogens is 315 g/mol. The molecule has 0 fully saturated rings. The van der Waals surface area contributed by atoms with Crippen LogP contribution in [0.5, 0.6) is 0 Å². The second kappa shape index (κ2) is 7.45. The summed E-state index contributed by atoms with van der Waals surface area (Å²) in [7, 11) is 1.58. The molecule has 0 aliphatic heterocycles. The van der Waals surface area contributed by atoms with Gasteiger partial charge in [0, 0.05) is 11.6 Å². The highest BCUT2D eigenvalue weighted by atomic mass is 79.9. The van der Waals surface area contributed by atoms with Gasteiger partial charge in [-0.05, 0) is 34.5 Å². The number of rotatable bonds is 6. The van der Waals surface area contributed by atoms with Crippen LogP contribution in [0.2, 0.25) is 0 Å². The number of halogens is 2. The van der Waals surface area contributed by atoms with E-state index in [1.165, 1.54) is 12.1 Å². The number of nitrogens with two attached hydrogens (primary N) is 1. The summed E-state index contributed by atoms with van der Waals surface area (Å²) >= 11 is 3.16. The van der Waals surface area contributed by atoms with Gasteiger partial charge in [-0.2, -0.15) is 0 Å². The molecule has 0 aliphatic rings. The maximum atomic E-state index is 13.2. The fourth-order valence-electron chi connectivity index (χ4n) is 1.75. The van der Waals surface area contributed by atoms with Gasteiger partial charge in [0.15, 0.2) is 0 Å². The van der Waals surface area contributed by atoms with Crippen LogP contribution in [-0.4, -0.2) is 25.7 Å². The van der Waals surface area contributed by atoms with Crippen LogP contribution >= 0.6 is 15.9 Å². The molecule has 0 spiro atoms. The molecule has 0 bridgehead atoms. The number of nitrogen functional groups attached to an aromatic ring is 1. The van der Waals surface area contributed by atoms with Crippen LogP contribution in [0.15, 0.2) is 16.6 Å². The molecule has 1 amide bonds. The average molecular weight is 333 g/mol. The van der Waals surface area contributed by atoms with Crippen LogP contribution in [0.1, 0.15) is 30.1 Å². The normalized spacial score (nSPS) is 12.2. The molecule has 1 atom stereocenters. The number of benzene rings is 1. The van der Waals surface area contributed by atoms with E-state index in [9.17, 15) is 9.18 Å². The predicted octanol–water partition coefficient (Wildman–Crippen LogP) is 2.72. The van der Waals surface area contributed by atoms with Crippen LogP contribution in [0.25, 0.3) is 0 Å². The first-order valence-corrected chi connectivity index (χ1v) is 6.83. The molecular formula is C13H18BrFN2O2. The smallest absolute Gasteiger partial charge is 0.252 e. The van der Waals surface area contributed by atoms with Crippen LogP contribution in [0, 0.1) is 5.82 Å². The van der Waals surface area contributed by atoms with Crippen LogP contribution in [0.4, 0.5) is 10.1 Å². The highest BCUT2D eigenvalue weighted by molar-refractivity contribution is 9.10. The molecule has 106 valence electrons. The fraction of sp³-hybridized carbons (Fsp3) is 0.462. The van der Waals surface area contributed by atoms with Crippen molar-refractivity contribution >= 4 is 27.5 Å². The van der Waals surface area contributed by atoms with Gasteiger partial charge >= 0.3 is 0 Å². The third kappa shape index (κ3) is 4.47. The van der Waals surface area contributed by atoms with Crippen molar-refractivity contribution in [2.24, 2.45) is 0 Å². The van der Waals surface area contributed by atoms with Crippen LogP contribution < -0.4 is 11.1 Å². The van der Waals surface area contributed by atoms with Crippen LogP contribution in [-0.2, 0) is 4.74 Å². The van der Waals surface area contributed by atoms with Crippen molar-refractivity contribution in [3.63, 3.8) is 0 Å². The van der Waals surface area contributed by atoms with Crippen molar-refractivity contribution in [1.29, 1.82) is 0 Å². The number of carbonyl (C=O) groups excluding carboxylic acids is 1. The first-order valence-electron chi connectivity index (χ1n) is 6.03. The monoisotopic (exact) mass is 332 g/mol. The number of hydrogen-bond donors (Lipinski definition) is 2. The minimum Gasteiger partial charge on any atom is -0.396 e. The summed E-state index contributed by atoms with van der Waals surface area (Å²) in [5.41, 5.74) is 5.74. The molecule has 1 unspecified atom stereocenters. The Morgan fingerprint density at radius 1 is 1.58 bits per heavy atom. The average Bonchev–Trinajstić information content (AvgIpc) is 2.34. The fourth-order valence-corrected chi connectivity index (χ4v) is 2.25. The van der Waals surface area contributed by atoms with Gasteiger partial charge in [0.1, 0.15) is 5.82 Å². The number of anilines is 1. The second-order valence-corrected chi connectivity index (χ2v) is 5.12. The molecule has 0 heterocycles. The van der Waals surface area contributed by atoms with Crippen molar-refractivity contribution in [2.45, 2.75) is 25.8 Å². The Morgan fingerprint density at radius 2 is 2.26 bits per heavy atom. The summed E-state index contributed by atoms with van der Waals surface area (Å²) in [6.07, 6.45) is 1.74.